The Morgan fingerprint density at radius 3 is 1.82 bits per heavy atom. The molecule has 2 nitrogen and oxygen atoms in total. The van der Waals surface area contributed by atoms with Gasteiger partial charge in [0.2, 0.25) is 0 Å². The number of fused-ring (bicyclic) bond motifs is 6. The minimum Gasteiger partial charge on any atom is -0.245 e. The third-order valence-electron chi connectivity index (χ3n) is 7.46. The summed E-state index contributed by atoms with van der Waals surface area (Å²) in [4.78, 5) is 10.2. The number of thiophene rings is 1. The van der Waals surface area contributed by atoms with Gasteiger partial charge in [0.05, 0.1) is 22.4 Å². The molecule has 39 heavy (non-hydrogen) atoms. The van der Waals surface area contributed by atoms with Crippen LogP contribution in [-0.2, 0) is 0 Å². The molecule has 0 spiro atoms. The second-order valence-electron chi connectivity index (χ2n) is 9.83. The van der Waals surface area contributed by atoms with Crippen molar-refractivity contribution in [1.82, 2.24) is 9.97 Å². The Balaban J connectivity index is 1.28. The van der Waals surface area contributed by atoms with Gasteiger partial charge in [0.15, 0.2) is 0 Å². The van der Waals surface area contributed by atoms with Crippen molar-refractivity contribution < 1.29 is 0 Å². The van der Waals surface area contributed by atoms with Crippen LogP contribution in [-0.4, -0.2) is 9.97 Å². The van der Waals surface area contributed by atoms with Gasteiger partial charge < -0.3 is 0 Å². The highest BCUT2D eigenvalue weighted by Crippen LogP contribution is 2.40. The van der Waals surface area contributed by atoms with Crippen molar-refractivity contribution in [2.45, 2.75) is 0 Å². The second kappa shape index (κ2) is 8.87. The highest BCUT2D eigenvalue weighted by atomic mass is 32.1. The SMILES string of the molecule is c1ccc(-c2ccc3ccc4ccc(-c5cccc(-c6cccc7c6sc6ccccc67)c5)nc4c3n2)cc1. The van der Waals surface area contributed by atoms with Crippen LogP contribution in [0.15, 0.2) is 133 Å². The topological polar surface area (TPSA) is 25.8 Å². The second-order valence-corrected chi connectivity index (χ2v) is 10.9. The van der Waals surface area contributed by atoms with Gasteiger partial charge in [0.1, 0.15) is 0 Å². The van der Waals surface area contributed by atoms with Crippen molar-refractivity contribution in [2.24, 2.45) is 0 Å². The first-order valence-electron chi connectivity index (χ1n) is 13.1. The standard InChI is InChI=1S/C36H22N2S/c1-2-8-23(9-3-1)31-20-18-24-16-17-25-19-21-32(38-35(25)34(24)37-31)27-11-6-10-26(22-27)28-13-7-14-30-29-12-4-5-15-33(29)39-36(28)30/h1-22H. The predicted molar refractivity (Wildman–Crippen MR) is 166 cm³/mol. The van der Waals surface area contributed by atoms with Crippen molar-refractivity contribution in [1.29, 1.82) is 0 Å². The maximum absolute atomic E-state index is 5.18. The largest absolute Gasteiger partial charge is 0.245 e. The van der Waals surface area contributed by atoms with Crippen molar-refractivity contribution in [3.8, 4) is 33.6 Å². The Kier molecular flexibility index (Phi) is 5.04. The van der Waals surface area contributed by atoms with E-state index in [0.29, 0.717) is 0 Å². The van der Waals surface area contributed by atoms with Crippen molar-refractivity contribution in [3.63, 3.8) is 0 Å². The van der Waals surface area contributed by atoms with E-state index in [1.807, 2.05) is 29.5 Å². The zero-order valence-electron chi connectivity index (χ0n) is 21.0. The van der Waals surface area contributed by atoms with Gasteiger partial charge in [-0.05, 0) is 35.4 Å². The summed E-state index contributed by atoms with van der Waals surface area (Å²) < 4.78 is 2.65. The molecule has 0 bridgehead atoms. The number of nitrogens with zero attached hydrogens (tertiary/aromatic N) is 2. The summed E-state index contributed by atoms with van der Waals surface area (Å²) in [6, 6.07) is 47.1. The van der Waals surface area contributed by atoms with Gasteiger partial charge in [-0.25, -0.2) is 9.97 Å². The third-order valence-corrected chi connectivity index (χ3v) is 8.68. The maximum atomic E-state index is 5.18. The summed E-state index contributed by atoms with van der Waals surface area (Å²) >= 11 is 1.86. The van der Waals surface area contributed by atoms with E-state index in [9.17, 15) is 0 Å². The average Bonchev–Trinajstić information content (AvgIpc) is 3.40. The van der Waals surface area contributed by atoms with E-state index in [1.165, 1.54) is 31.3 Å². The maximum Gasteiger partial charge on any atom is 0.0972 e. The highest BCUT2D eigenvalue weighted by Gasteiger charge is 2.12. The van der Waals surface area contributed by atoms with Crippen LogP contribution < -0.4 is 0 Å². The minimum atomic E-state index is 0.930. The predicted octanol–water partition coefficient (Wildman–Crippen LogP) is 10.2. The summed E-state index contributed by atoms with van der Waals surface area (Å²) in [7, 11) is 0. The molecule has 0 aliphatic carbocycles. The Bertz CT molecular complexity index is 2180. The lowest BCUT2D eigenvalue weighted by atomic mass is 9.99. The first-order chi connectivity index (χ1) is 19.3. The van der Waals surface area contributed by atoms with Gasteiger partial charge >= 0.3 is 0 Å². The molecule has 5 aromatic carbocycles. The lowest BCUT2D eigenvalue weighted by Gasteiger charge is -2.10. The van der Waals surface area contributed by atoms with Crippen LogP contribution in [0.25, 0.3) is 75.6 Å². The summed E-state index contributed by atoms with van der Waals surface area (Å²) in [5, 5.41) is 4.82. The number of benzene rings is 5. The molecule has 0 amide bonds. The van der Waals surface area contributed by atoms with Crippen molar-refractivity contribution in [2.75, 3.05) is 0 Å². The Hall–Kier alpha value is -4.86. The zero-order chi connectivity index (χ0) is 25.8. The van der Waals surface area contributed by atoms with Crippen molar-refractivity contribution >= 4 is 53.3 Å². The molecule has 8 aromatic rings. The fourth-order valence-corrected chi connectivity index (χ4v) is 6.76. The van der Waals surface area contributed by atoms with E-state index < -0.39 is 0 Å². The summed E-state index contributed by atoms with van der Waals surface area (Å²) in [6.07, 6.45) is 0. The van der Waals surface area contributed by atoms with Crippen LogP contribution in [0.5, 0.6) is 0 Å². The molecule has 0 saturated heterocycles. The van der Waals surface area contributed by atoms with E-state index in [0.717, 1.165) is 44.3 Å². The molecular formula is C36H22N2S. The van der Waals surface area contributed by atoms with E-state index in [4.69, 9.17) is 9.97 Å². The van der Waals surface area contributed by atoms with E-state index in [-0.39, 0.29) is 0 Å². The van der Waals surface area contributed by atoms with Gasteiger partial charge in [0.25, 0.3) is 0 Å². The lowest BCUT2D eigenvalue weighted by molar-refractivity contribution is 1.36. The third kappa shape index (κ3) is 3.70. The van der Waals surface area contributed by atoms with Gasteiger partial charge in [-0.2, -0.15) is 0 Å². The highest BCUT2D eigenvalue weighted by molar-refractivity contribution is 7.26. The van der Waals surface area contributed by atoms with Crippen LogP contribution in [0.1, 0.15) is 0 Å². The van der Waals surface area contributed by atoms with E-state index in [1.54, 1.807) is 0 Å². The molecule has 0 aliphatic heterocycles. The van der Waals surface area contributed by atoms with Crippen LogP contribution in [0.3, 0.4) is 0 Å². The number of pyridine rings is 2. The quantitative estimate of drug-likeness (QED) is 0.219. The molecule has 0 unspecified atom stereocenters. The Labute approximate surface area is 229 Å². The molecule has 0 aliphatic rings. The molecular weight excluding hydrogens is 492 g/mol. The minimum absolute atomic E-state index is 0.930. The van der Waals surface area contributed by atoms with Gasteiger partial charge in [-0.1, -0.05) is 109 Å². The first-order valence-corrected chi connectivity index (χ1v) is 13.9. The average molecular weight is 515 g/mol. The van der Waals surface area contributed by atoms with Gasteiger partial charge in [-0.3, -0.25) is 0 Å². The molecule has 3 heterocycles. The van der Waals surface area contributed by atoms with E-state index >= 15 is 0 Å². The molecule has 3 aromatic heterocycles. The summed E-state index contributed by atoms with van der Waals surface area (Å²) in [5.41, 5.74) is 8.44. The summed E-state index contributed by atoms with van der Waals surface area (Å²) in [6.45, 7) is 0. The fourth-order valence-electron chi connectivity index (χ4n) is 5.52. The fraction of sp³-hybridized carbons (Fsp3) is 0. The monoisotopic (exact) mass is 514 g/mol. The number of aromatic nitrogens is 2. The lowest BCUT2D eigenvalue weighted by Crippen LogP contribution is -1.91. The molecule has 3 heteroatoms. The van der Waals surface area contributed by atoms with Crippen molar-refractivity contribution in [3.05, 3.63) is 133 Å². The number of rotatable bonds is 3. The van der Waals surface area contributed by atoms with Crippen LogP contribution >= 0.6 is 11.3 Å². The molecule has 8 rings (SSSR count). The van der Waals surface area contributed by atoms with Gasteiger partial charge in [-0.15, -0.1) is 11.3 Å². The van der Waals surface area contributed by atoms with Crippen LogP contribution in [0, 0.1) is 0 Å². The molecule has 0 atom stereocenters. The van der Waals surface area contributed by atoms with Crippen LogP contribution in [0.2, 0.25) is 0 Å². The molecule has 0 N–H and O–H groups in total. The normalized spacial score (nSPS) is 11.6. The zero-order valence-corrected chi connectivity index (χ0v) is 21.8. The summed E-state index contributed by atoms with van der Waals surface area (Å²) in [5.74, 6) is 0. The molecule has 0 radical (unpaired) electrons. The Morgan fingerprint density at radius 1 is 0.436 bits per heavy atom. The number of hydrogen-bond donors (Lipinski definition) is 0. The number of hydrogen-bond acceptors (Lipinski definition) is 3. The van der Waals surface area contributed by atoms with Gasteiger partial charge in [0, 0.05) is 42.1 Å². The first kappa shape index (κ1) is 22.2. The molecule has 0 fully saturated rings. The molecule has 182 valence electrons. The smallest absolute Gasteiger partial charge is 0.0972 e. The molecule has 0 saturated carbocycles. The van der Waals surface area contributed by atoms with Crippen LogP contribution in [0.4, 0.5) is 0 Å². The Morgan fingerprint density at radius 2 is 1.03 bits per heavy atom. The van der Waals surface area contributed by atoms with E-state index in [2.05, 4.69) is 115 Å².